The molecule has 2 amide bonds. The lowest BCUT2D eigenvalue weighted by atomic mass is 10.0. The highest BCUT2D eigenvalue weighted by atomic mass is 16.5. The maximum atomic E-state index is 13.9. The molecule has 4 aromatic carbocycles. The number of rotatable bonds is 13. The molecule has 4 rings (SSSR count). The number of carbonyl (C=O) groups is 2. The van der Waals surface area contributed by atoms with Crippen molar-refractivity contribution in [3.05, 3.63) is 120 Å². The monoisotopic (exact) mass is 592 g/mol. The molecule has 0 bridgehead atoms. The summed E-state index contributed by atoms with van der Waals surface area (Å²) in [6.07, 6.45) is -1.48. The van der Waals surface area contributed by atoms with Crippen LogP contribution in [0.2, 0.25) is 0 Å². The van der Waals surface area contributed by atoms with Gasteiger partial charge in [-0.05, 0) is 85.3 Å². The number of hydrogen-bond acceptors (Lipinski definition) is 4. The Morgan fingerprint density at radius 3 is 1.11 bits per heavy atom. The fraction of sp³-hybridized carbons (Fsp3) is 0.316. The molecule has 6 nitrogen and oxygen atoms in total. The van der Waals surface area contributed by atoms with Gasteiger partial charge in [0.2, 0.25) is 0 Å². The van der Waals surface area contributed by atoms with Gasteiger partial charge < -0.3 is 19.3 Å². The van der Waals surface area contributed by atoms with Crippen LogP contribution in [0.1, 0.15) is 64.5 Å². The van der Waals surface area contributed by atoms with Crippen LogP contribution in [0.15, 0.2) is 109 Å². The molecular weight excluding hydrogens is 548 g/mol. The maximum Gasteiger partial charge on any atom is 0.267 e. The summed E-state index contributed by atoms with van der Waals surface area (Å²) in [4.78, 5) is 31.1. The van der Waals surface area contributed by atoms with Crippen LogP contribution < -0.4 is 19.3 Å². The standard InChI is InChI=1S/C38H44N2O4/c1-27(2)31-17-21-35(22-18-31)43-29(5)37(41)39(33-13-9-7-10-14-33)25-26-40(34-15-11-8-12-16-34)38(42)30(6)44-36-23-19-32(20-24-36)28(3)4/h7-24,27-30H,25-26H2,1-6H3. The Hall–Kier alpha value is -4.58. The summed E-state index contributed by atoms with van der Waals surface area (Å²) in [5.41, 5.74) is 3.88. The number of para-hydroxylation sites is 2. The Kier molecular flexibility index (Phi) is 11.2. The summed E-state index contributed by atoms with van der Waals surface area (Å²) in [5, 5.41) is 0. The van der Waals surface area contributed by atoms with Crippen LogP contribution in [0, 0.1) is 0 Å². The van der Waals surface area contributed by atoms with Gasteiger partial charge >= 0.3 is 0 Å². The Morgan fingerprint density at radius 1 is 0.500 bits per heavy atom. The highest BCUT2D eigenvalue weighted by Gasteiger charge is 2.28. The minimum Gasteiger partial charge on any atom is -0.481 e. The number of hydrogen-bond donors (Lipinski definition) is 0. The van der Waals surface area contributed by atoms with E-state index < -0.39 is 12.2 Å². The van der Waals surface area contributed by atoms with Gasteiger partial charge in [-0.25, -0.2) is 0 Å². The number of anilines is 2. The lowest BCUT2D eigenvalue weighted by molar-refractivity contribution is -0.126. The van der Waals surface area contributed by atoms with E-state index in [1.54, 1.807) is 23.6 Å². The number of benzene rings is 4. The minimum atomic E-state index is -0.739. The van der Waals surface area contributed by atoms with Crippen molar-refractivity contribution in [2.24, 2.45) is 0 Å². The summed E-state index contributed by atoms with van der Waals surface area (Å²) in [6.45, 7) is 12.6. The van der Waals surface area contributed by atoms with Gasteiger partial charge in [-0.2, -0.15) is 0 Å². The van der Waals surface area contributed by atoms with E-state index >= 15 is 0 Å². The van der Waals surface area contributed by atoms with Crippen LogP contribution in [0.4, 0.5) is 11.4 Å². The summed E-state index contributed by atoms with van der Waals surface area (Å²) in [7, 11) is 0. The van der Waals surface area contributed by atoms with Crippen molar-refractivity contribution in [3.63, 3.8) is 0 Å². The van der Waals surface area contributed by atoms with Crippen molar-refractivity contribution in [3.8, 4) is 11.5 Å². The molecule has 0 saturated heterocycles. The molecule has 0 aromatic heterocycles. The highest BCUT2D eigenvalue weighted by Crippen LogP contribution is 2.24. The normalized spacial score (nSPS) is 12.5. The Balaban J connectivity index is 1.53. The topological polar surface area (TPSA) is 59.1 Å². The molecule has 0 aliphatic heterocycles. The van der Waals surface area contributed by atoms with Crippen LogP contribution in [0.5, 0.6) is 11.5 Å². The first-order chi connectivity index (χ1) is 21.1. The zero-order valence-corrected chi connectivity index (χ0v) is 26.6. The first kappa shape index (κ1) is 32.3. The third-order valence-electron chi connectivity index (χ3n) is 7.63. The zero-order chi connectivity index (χ0) is 31.6. The van der Waals surface area contributed by atoms with Gasteiger partial charge in [-0.15, -0.1) is 0 Å². The zero-order valence-electron chi connectivity index (χ0n) is 26.6. The van der Waals surface area contributed by atoms with Crippen molar-refractivity contribution in [2.45, 2.75) is 65.6 Å². The Labute approximate surface area is 262 Å². The molecule has 6 heteroatoms. The van der Waals surface area contributed by atoms with Gasteiger partial charge in [0.1, 0.15) is 11.5 Å². The van der Waals surface area contributed by atoms with Gasteiger partial charge in [-0.1, -0.05) is 88.4 Å². The fourth-order valence-electron chi connectivity index (χ4n) is 4.96. The van der Waals surface area contributed by atoms with Gasteiger partial charge in [0.05, 0.1) is 0 Å². The van der Waals surface area contributed by atoms with Gasteiger partial charge in [0.25, 0.3) is 11.8 Å². The van der Waals surface area contributed by atoms with E-state index in [0.29, 0.717) is 23.3 Å². The summed E-state index contributed by atoms with van der Waals surface area (Å²) in [6, 6.07) is 34.7. The first-order valence-electron chi connectivity index (χ1n) is 15.4. The van der Waals surface area contributed by atoms with Crippen molar-refractivity contribution in [1.29, 1.82) is 0 Å². The molecule has 0 fully saturated rings. The molecule has 44 heavy (non-hydrogen) atoms. The molecule has 2 atom stereocenters. The van der Waals surface area contributed by atoms with E-state index in [1.807, 2.05) is 109 Å². The van der Waals surface area contributed by atoms with Crippen molar-refractivity contribution in [2.75, 3.05) is 22.9 Å². The second-order valence-corrected chi connectivity index (χ2v) is 11.6. The fourth-order valence-corrected chi connectivity index (χ4v) is 4.96. The van der Waals surface area contributed by atoms with E-state index in [2.05, 4.69) is 27.7 Å². The van der Waals surface area contributed by atoms with E-state index in [9.17, 15) is 9.59 Å². The lowest BCUT2D eigenvalue weighted by Gasteiger charge is -2.31. The quantitative estimate of drug-likeness (QED) is 0.157. The third-order valence-corrected chi connectivity index (χ3v) is 7.63. The van der Waals surface area contributed by atoms with E-state index in [0.717, 1.165) is 11.4 Å². The van der Waals surface area contributed by atoms with E-state index in [1.165, 1.54) is 11.1 Å². The van der Waals surface area contributed by atoms with Gasteiger partial charge in [-0.3, -0.25) is 9.59 Å². The van der Waals surface area contributed by atoms with Crippen molar-refractivity contribution < 1.29 is 19.1 Å². The molecule has 0 N–H and O–H groups in total. The second-order valence-electron chi connectivity index (χ2n) is 11.6. The smallest absolute Gasteiger partial charge is 0.267 e. The summed E-state index contributed by atoms with van der Waals surface area (Å²) >= 11 is 0. The van der Waals surface area contributed by atoms with Crippen molar-refractivity contribution in [1.82, 2.24) is 0 Å². The number of ether oxygens (including phenoxy) is 2. The van der Waals surface area contributed by atoms with Crippen LogP contribution in [-0.4, -0.2) is 37.1 Å². The average Bonchev–Trinajstić information content (AvgIpc) is 3.04. The largest absolute Gasteiger partial charge is 0.481 e. The molecule has 4 aromatic rings. The molecule has 0 radical (unpaired) electrons. The second kappa shape index (κ2) is 15.2. The van der Waals surface area contributed by atoms with Gasteiger partial charge in [0, 0.05) is 24.5 Å². The first-order valence-corrected chi connectivity index (χ1v) is 15.4. The van der Waals surface area contributed by atoms with E-state index in [-0.39, 0.29) is 24.9 Å². The van der Waals surface area contributed by atoms with Crippen LogP contribution >= 0.6 is 0 Å². The molecule has 0 heterocycles. The average molecular weight is 593 g/mol. The van der Waals surface area contributed by atoms with Crippen LogP contribution in [0.3, 0.4) is 0 Å². The Morgan fingerprint density at radius 2 is 0.818 bits per heavy atom. The predicted molar refractivity (Wildman–Crippen MR) is 179 cm³/mol. The number of nitrogens with zero attached hydrogens (tertiary/aromatic N) is 2. The third kappa shape index (κ3) is 8.50. The summed E-state index contributed by atoms with van der Waals surface area (Å²) in [5.74, 6) is 1.70. The minimum absolute atomic E-state index is 0.195. The molecule has 0 aliphatic carbocycles. The SMILES string of the molecule is CC(Oc1ccc(C(C)C)cc1)C(=O)N(CCN(C(=O)C(C)Oc1ccc(C(C)C)cc1)c1ccccc1)c1ccccc1. The molecular formula is C38H44N2O4. The lowest BCUT2D eigenvalue weighted by Crippen LogP contribution is -2.48. The Bertz CT molecular complexity index is 1350. The van der Waals surface area contributed by atoms with Crippen LogP contribution in [-0.2, 0) is 9.59 Å². The number of amides is 2. The van der Waals surface area contributed by atoms with Crippen molar-refractivity contribution >= 4 is 23.2 Å². The molecule has 230 valence electrons. The van der Waals surface area contributed by atoms with E-state index in [4.69, 9.17) is 9.47 Å². The molecule has 0 saturated carbocycles. The predicted octanol–water partition coefficient (Wildman–Crippen LogP) is 8.23. The molecule has 0 aliphatic rings. The highest BCUT2D eigenvalue weighted by molar-refractivity contribution is 5.98. The molecule has 0 spiro atoms. The maximum absolute atomic E-state index is 13.9. The van der Waals surface area contributed by atoms with Gasteiger partial charge in [0.15, 0.2) is 12.2 Å². The van der Waals surface area contributed by atoms with Crippen LogP contribution in [0.25, 0.3) is 0 Å². The number of carbonyl (C=O) groups excluding carboxylic acids is 2. The molecule has 2 unspecified atom stereocenters. The summed E-state index contributed by atoms with van der Waals surface area (Å²) < 4.78 is 12.2.